The first-order chi connectivity index (χ1) is 3.31. The maximum Gasteiger partial charge on any atom is 0.212 e. The average molecular weight is 101 g/mol. The second kappa shape index (κ2) is 3.14. The molecule has 0 aromatic heterocycles. The molecule has 0 saturated carbocycles. The molecule has 0 unspecified atom stereocenters. The van der Waals surface area contributed by atoms with Crippen LogP contribution in [0.2, 0.25) is 0 Å². The number of amidine groups is 1. The summed E-state index contributed by atoms with van der Waals surface area (Å²) in [5.74, 6) is 0.0787. The van der Waals surface area contributed by atoms with Crippen LogP contribution in [0.1, 0.15) is 6.92 Å². The van der Waals surface area contributed by atoms with Gasteiger partial charge in [0.2, 0.25) is 6.41 Å². The van der Waals surface area contributed by atoms with E-state index in [2.05, 4.69) is 10.5 Å². The van der Waals surface area contributed by atoms with Crippen molar-refractivity contribution in [1.82, 2.24) is 5.32 Å². The molecule has 40 valence electrons. The van der Waals surface area contributed by atoms with Gasteiger partial charge in [-0.1, -0.05) is 0 Å². The molecule has 1 N–H and O–H groups in total. The first kappa shape index (κ1) is 5.94. The third-order valence-electron chi connectivity index (χ3n) is 0.405. The molecule has 7 heavy (non-hydrogen) atoms. The fourth-order valence-corrected chi connectivity index (χ4v) is 0.112. The molecule has 0 aliphatic rings. The Kier molecular flexibility index (Phi) is 2.67. The van der Waals surface area contributed by atoms with Crippen LogP contribution in [0.15, 0.2) is 5.16 Å². The van der Waals surface area contributed by atoms with Gasteiger partial charge in [-0.2, -0.15) is 0 Å². The fourth-order valence-electron chi connectivity index (χ4n) is 0.112. The summed E-state index contributed by atoms with van der Waals surface area (Å²) >= 11 is 0. The third-order valence-corrected chi connectivity index (χ3v) is 0.405. The lowest BCUT2D eigenvalue weighted by atomic mass is 10.7. The van der Waals surface area contributed by atoms with E-state index in [9.17, 15) is 10.0 Å². The van der Waals surface area contributed by atoms with E-state index in [4.69, 9.17) is 0 Å². The highest BCUT2D eigenvalue weighted by atomic mass is 16.4. The molecule has 0 spiro atoms. The summed E-state index contributed by atoms with van der Waals surface area (Å²) in [6, 6.07) is 0. The van der Waals surface area contributed by atoms with Gasteiger partial charge in [0.15, 0.2) is 0 Å². The fraction of sp³-hybridized carbons (Fsp3) is 0.333. The van der Waals surface area contributed by atoms with E-state index >= 15 is 0 Å². The molecule has 0 heterocycles. The quantitative estimate of drug-likeness (QED) is 0.212. The smallest absolute Gasteiger partial charge is 0.212 e. The van der Waals surface area contributed by atoms with Crippen LogP contribution >= 0.6 is 0 Å². The molecule has 4 heteroatoms. The van der Waals surface area contributed by atoms with Gasteiger partial charge in [0.1, 0.15) is 0 Å². The number of nitrogens with zero attached hydrogens (tertiary/aromatic N) is 1. The van der Waals surface area contributed by atoms with Crippen molar-refractivity contribution in [1.29, 1.82) is 0 Å². The number of hydrogen-bond acceptors (Lipinski definition) is 3. The van der Waals surface area contributed by atoms with Crippen LogP contribution in [0.4, 0.5) is 0 Å². The highest BCUT2D eigenvalue weighted by molar-refractivity contribution is 5.88. The standard InChI is InChI=1S/C3H6N2O2/c1-3(5-7)4-2-6/h2,7H,1H3,(H,4,5,6)/p-1. The van der Waals surface area contributed by atoms with Gasteiger partial charge in [0, 0.05) is 0 Å². The molecule has 0 aromatic carbocycles. The summed E-state index contributed by atoms with van der Waals surface area (Å²) in [5, 5.41) is 13.8. The first-order valence-electron chi connectivity index (χ1n) is 1.68. The highest BCUT2D eigenvalue weighted by Crippen LogP contribution is 1.62. The maximum atomic E-state index is 9.44. The molecule has 0 atom stereocenters. The summed E-state index contributed by atoms with van der Waals surface area (Å²) in [7, 11) is 0. The number of carbonyl (C=O) groups excluding carboxylic acids is 1. The monoisotopic (exact) mass is 101 g/mol. The topological polar surface area (TPSA) is 64.5 Å². The van der Waals surface area contributed by atoms with Gasteiger partial charge in [-0.15, -0.1) is 0 Å². The zero-order chi connectivity index (χ0) is 5.70. The van der Waals surface area contributed by atoms with E-state index in [0.29, 0.717) is 6.41 Å². The van der Waals surface area contributed by atoms with Crippen LogP contribution in [0.25, 0.3) is 0 Å². The molecule has 0 rings (SSSR count). The molecular formula is C3H5N2O2-. The summed E-state index contributed by atoms with van der Waals surface area (Å²) in [4.78, 5) is 9.44. The summed E-state index contributed by atoms with van der Waals surface area (Å²) in [5.41, 5.74) is 0. The lowest BCUT2D eigenvalue weighted by Gasteiger charge is -1.96. The van der Waals surface area contributed by atoms with Gasteiger partial charge in [-0.25, -0.2) is 0 Å². The van der Waals surface area contributed by atoms with Crippen molar-refractivity contribution in [3.8, 4) is 0 Å². The Bertz CT molecular complexity index is 88.9. The molecule has 0 saturated heterocycles. The van der Waals surface area contributed by atoms with Gasteiger partial charge in [0.25, 0.3) is 0 Å². The lowest BCUT2D eigenvalue weighted by Crippen LogP contribution is -2.16. The molecule has 1 amide bonds. The van der Waals surface area contributed by atoms with Crippen molar-refractivity contribution in [2.24, 2.45) is 5.16 Å². The van der Waals surface area contributed by atoms with Crippen LogP contribution in [0.5, 0.6) is 0 Å². The van der Waals surface area contributed by atoms with Gasteiger partial charge >= 0.3 is 0 Å². The Hall–Kier alpha value is -1.06. The van der Waals surface area contributed by atoms with Crippen LogP contribution in [0, 0.1) is 5.21 Å². The zero-order valence-electron chi connectivity index (χ0n) is 3.84. The molecule has 4 nitrogen and oxygen atoms in total. The van der Waals surface area contributed by atoms with E-state index in [-0.39, 0.29) is 5.84 Å². The largest absolute Gasteiger partial charge is 0.791 e. The molecule has 0 bridgehead atoms. The van der Waals surface area contributed by atoms with Crippen LogP contribution in [-0.2, 0) is 4.79 Å². The second-order valence-corrected chi connectivity index (χ2v) is 0.939. The normalized spacial score (nSPS) is 10.7. The first-order valence-corrected chi connectivity index (χ1v) is 1.68. The summed E-state index contributed by atoms with van der Waals surface area (Å²) in [6.07, 6.45) is 0.400. The molecule has 0 fully saturated rings. The van der Waals surface area contributed by atoms with Crippen molar-refractivity contribution in [2.45, 2.75) is 6.92 Å². The SMILES string of the molecule is C/C(=N/[O-])NC=O. The molecule has 0 aromatic rings. The third kappa shape index (κ3) is 2.75. The van der Waals surface area contributed by atoms with Gasteiger partial charge in [0.05, 0.1) is 5.84 Å². The van der Waals surface area contributed by atoms with Crippen molar-refractivity contribution < 1.29 is 4.79 Å². The highest BCUT2D eigenvalue weighted by Gasteiger charge is 1.75. The number of rotatable bonds is 1. The molecule has 0 aliphatic carbocycles. The number of amides is 1. The average Bonchev–Trinajstić information content (AvgIpc) is 1.68. The van der Waals surface area contributed by atoms with E-state index in [1.54, 1.807) is 0 Å². The second-order valence-electron chi connectivity index (χ2n) is 0.939. The van der Waals surface area contributed by atoms with Crippen LogP contribution in [-0.4, -0.2) is 12.2 Å². The van der Waals surface area contributed by atoms with E-state index in [1.165, 1.54) is 6.92 Å². The van der Waals surface area contributed by atoms with Gasteiger partial charge < -0.3 is 15.7 Å². The maximum absolute atomic E-state index is 9.44. The molecule has 0 radical (unpaired) electrons. The van der Waals surface area contributed by atoms with Crippen LogP contribution in [0.3, 0.4) is 0 Å². The van der Waals surface area contributed by atoms with E-state index < -0.39 is 0 Å². The minimum Gasteiger partial charge on any atom is -0.791 e. The molecule has 0 aliphatic heterocycles. The Labute approximate surface area is 40.8 Å². The molecular weight excluding hydrogens is 96.0 g/mol. The van der Waals surface area contributed by atoms with Crippen molar-refractivity contribution in [3.63, 3.8) is 0 Å². The van der Waals surface area contributed by atoms with Crippen LogP contribution < -0.4 is 5.32 Å². The van der Waals surface area contributed by atoms with Crippen molar-refractivity contribution in [3.05, 3.63) is 5.21 Å². The Morgan fingerprint density at radius 3 is 2.71 bits per heavy atom. The van der Waals surface area contributed by atoms with E-state index in [0.717, 1.165) is 0 Å². The Balaban J connectivity index is 3.36. The van der Waals surface area contributed by atoms with Gasteiger partial charge in [-0.05, 0) is 6.92 Å². The summed E-state index contributed by atoms with van der Waals surface area (Å²) < 4.78 is 0. The Morgan fingerprint density at radius 2 is 2.57 bits per heavy atom. The van der Waals surface area contributed by atoms with Crippen molar-refractivity contribution in [2.75, 3.05) is 0 Å². The van der Waals surface area contributed by atoms with Gasteiger partial charge in [-0.3, -0.25) is 4.79 Å². The summed E-state index contributed by atoms with van der Waals surface area (Å²) in [6.45, 7) is 1.40. The van der Waals surface area contributed by atoms with Crippen molar-refractivity contribution >= 4 is 12.2 Å². The number of nitrogens with one attached hydrogen (secondary N) is 1. The Morgan fingerprint density at radius 1 is 2.00 bits per heavy atom. The predicted molar refractivity (Wildman–Crippen MR) is 25.7 cm³/mol. The lowest BCUT2D eigenvalue weighted by molar-refractivity contribution is -0.108. The minimum atomic E-state index is 0.0787. The minimum absolute atomic E-state index is 0.0787. The number of carbonyl (C=O) groups is 1. The predicted octanol–water partition coefficient (Wildman–Crippen LogP) is -0.351. The van der Waals surface area contributed by atoms with E-state index in [1.807, 2.05) is 0 Å². The number of hydrogen-bond donors (Lipinski definition) is 1. The zero-order valence-corrected chi connectivity index (χ0v) is 3.84.